The highest BCUT2D eigenvalue weighted by molar-refractivity contribution is 7.90. The van der Waals surface area contributed by atoms with Crippen molar-refractivity contribution in [2.24, 2.45) is 0 Å². The highest BCUT2D eigenvalue weighted by atomic mass is 32.2. The predicted molar refractivity (Wildman–Crippen MR) is 91.4 cm³/mol. The maximum atomic E-state index is 12.4. The van der Waals surface area contributed by atoms with Crippen LogP contribution >= 0.6 is 0 Å². The molecular formula is C16H15N5O3S. The van der Waals surface area contributed by atoms with E-state index in [0.29, 0.717) is 11.3 Å². The fourth-order valence-corrected chi connectivity index (χ4v) is 2.89. The van der Waals surface area contributed by atoms with E-state index in [2.05, 4.69) is 20.8 Å². The summed E-state index contributed by atoms with van der Waals surface area (Å²) >= 11 is 0. The molecule has 0 fully saturated rings. The van der Waals surface area contributed by atoms with Gasteiger partial charge in [0.1, 0.15) is 6.33 Å². The van der Waals surface area contributed by atoms with Gasteiger partial charge in [-0.25, -0.2) is 13.1 Å². The van der Waals surface area contributed by atoms with E-state index in [1.54, 1.807) is 12.1 Å². The molecule has 0 radical (unpaired) electrons. The molecular weight excluding hydrogens is 342 g/mol. The standard InChI is InChI=1S/C16H15N5O3S/c1-11-3-6-13(9-15(11)21-10-17-19-20-21)18-16(22)12-4-7-14(8-5-12)25(2,23)24/h3-10H,1-2H3,(H,18,22). The normalized spacial score (nSPS) is 11.3. The van der Waals surface area contributed by atoms with Gasteiger partial charge in [-0.2, -0.15) is 0 Å². The largest absolute Gasteiger partial charge is 0.322 e. The van der Waals surface area contributed by atoms with Crippen molar-refractivity contribution in [1.82, 2.24) is 20.2 Å². The second-order valence-electron chi connectivity index (χ2n) is 5.51. The number of tetrazole rings is 1. The third-order valence-corrected chi connectivity index (χ3v) is 4.74. The van der Waals surface area contributed by atoms with E-state index in [4.69, 9.17) is 0 Å². The van der Waals surface area contributed by atoms with E-state index >= 15 is 0 Å². The van der Waals surface area contributed by atoms with E-state index in [1.807, 2.05) is 13.0 Å². The maximum absolute atomic E-state index is 12.4. The molecule has 3 rings (SSSR count). The highest BCUT2D eigenvalue weighted by Crippen LogP contribution is 2.19. The molecule has 0 saturated carbocycles. The lowest BCUT2D eigenvalue weighted by Gasteiger charge is -2.10. The van der Waals surface area contributed by atoms with Crippen LogP contribution in [0.4, 0.5) is 5.69 Å². The van der Waals surface area contributed by atoms with Gasteiger partial charge in [0.15, 0.2) is 9.84 Å². The van der Waals surface area contributed by atoms with Gasteiger partial charge in [0, 0.05) is 17.5 Å². The second-order valence-corrected chi connectivity index (χ2v) is 7.52. The predicted octanol–water partition coefficient (Wildman–Crippen LogP) is 1.63. The monoisotopic (exact) mass is 357 g/mol. The Bertz CT molecular complexity index is 1010. The number of rotatable bonds is 4. The molecule has 128 valence electrons. The minimum absolute atomic E-state index is 0.167. The summed E-state index contributed by atoms with van der Waals surface area (Å²) in [6.07, 6.45) is 2.59. The fraction of sp³-hybridized carbons (Fsp3) is 0.125. The first kappa shape index (κ1) is 16.8. The van der Waals surface area contributed by atoms with Crippen molar-refractivity contribution in [2.45, 2.75) is 11.8 Å². The molecule has 1 amide bonds. The third-order valence-electron chi connectivity index (χ3n) is 3.61. The van der Waals surface area contributed by atoms with Gasteiger partial charge in [0.05, 0.1) is 10.6 Å². The van der Waals surface area contributed by atoms with Crippen molar-refractivity contribution in [3.05, 3.63) is 59.9 Å². The van der Waals surface area contributed by atoms with E-state index in [-0.39, 0.29) is 10.8 Å². The molecule has 3 aromatic rings. The Balaban J connectivity index is 1.83. The minimum Gasteiger partial charge on any atom is -0.322 e. The summed E-state index contributed by atoms with van der Waals surface area (Å²) in [6, 6.07) is 11.1. The van der Waals surface area contributed by atoms with E-state index < -0.39 is 9.84 Å². The molecule has 0 aliphatic heterocycles. The van der Waals surface area contributed by atoms with Crippen LogP contribution in [0.15, 0.2) is 53.7 Å². The molecule has 9 heteroatoms. The van der Waals surface area contributed by atoms with Crippen LogP contribution in [0.5, 0.6) is 0 Å². The SMILES string of the molecule is Cc1ccc(NC(=O)c2ccc(S(C)(=O)=O)cc2)cc1-n1cnnn1. The zero-order valence-electron chi connectivity index (χ0n) is 13.5. The number of nitrogens with one attached hydrogen (secondary N) is 1. The van der Waals surface area contributed by atoms with E-state index in [0.717, 1.165) is 17.5 Å². The number of amides is 1. The average molecular weight is 357 g/mol. The molecule has 0 aliphatic rings. The van der Waals surface area contributed by atoms with Crippen molar-refractivity contribution >= 4 is 21.4 Å². The molecule has 0 aliphatic carbocycles. The van der Waals surface area contributed by atoms with Crippen molar-refractivity contribution in [2.75, 3.05) is 11.6 Å². The molecule has 1 N–H and O–H groups in total. The van der Waals surface area contributed by atoms with Gasteiger partial charge >= 0.3 is 0 Å². The van der Waals surface area contributed by atoms with Crippen LogP contribution < -0.4 is 5.32 Å². The summed E-state index contributed by atoms with van der Waals surface area (Å²) in [5.74, 6) is -0.341. The quantitative estimate of drug-likeness (QED) is 0.760. The summed E-state index contributed by atoms with van der Waals surface area (Å²) in [7, 11) is -3.29. The number of aryl methyl sites for hydroxylation is 1. The molecule has 0 unspecified atom stereocenters. The van der Waals surface area contributed by atoms with Crippen LogP contribution in [-0.4, -0.2) is 40.8 Å². The van der Waals surface area contributed by atoms with Crippen LogP contribution in [0.3, 0.4) is 0 Å². The lowest BCUT2D eigenvalue weighted by atomic mass is 10.1. The third kappa shape index (κ3) is 3.72. The number of aromatic nitrogens is 4. The smallest absolute Gasteiger partial charge is 0.255 e. The first-order valence-corrected chi connectivity index (χ1v) is 9.19. The van der Waals surface area contributed by atoms with Crippen LogP contribution in [0.25, 0.3) is 5.69 Å². The lowest BCUT2D eigenvalue weighted by Crippen LogP contribution is -2.12. The molecule has 8 nitrogen and oxygen atoms in total. The minimum atomic E-state index is -3.29. The number of hydrogen-bond donors (Lipinski definition) is 1. The van der Waals surface area contributed by atoms with Gasteiger partial charge in [-0.1, -0.05) is 6.07 Å². The first-order chi connectivity index (χ1) is 11.8. The number of sulfone groups is 1. The molecule has 0 bridgehead atoms. The van der Waals surface area contributed by atoms with E-state index in [9.17, 15) is 13.2 Å². The molecule has 25 heavy (non-hydrogen) atoms. The summed E-state index contributed by atoms with van der Waals surface area (Å²) in [5.41, 5.74) is 2.63. The zero-order valence-corrected chi connectivity index (χ0v) is 14.4. The molecule has 1 aromatic heterocycles. The summed E-state index contributed by atoms with van der Waals surface area (Å²) < 4.78 is 24.4. The fourth-order valence-electron chi connectivity index (χ4n) is 2.26. The number of carbonyl (C=O) groups is 1. The van der Waals surface area contributed by atoms with Gasteiger partial charge in [-0.15, -0.1) is 5.10 Å². The van der Waals surface area contributed by atoms with Crippen LogP contribution in [0.2, 0.25) is 0 Å². The Hall–Kier alpha value is -3.07. The molecule has 0 spiro atoms. The summed E-state index contributed by atoms with van der Waals surface area (Å²) in [6.45, 7) is 1.91. The second kappa shape index (κ2) is 6.44. The number of hydrogen-bond acceptors (Lipinski definition) is 6. The average Bonchev–Trinajstić information content (AvgIpc) is 3.10. The van der Waals surface area contributed by atoms with Gasteiger partial charge in [0.2, 0.25) is 0 Å². The summed E-state index contributed by atoms with van der Waals surface area (Å²) in [4.78, 5) is 12.5. The van der Waals surface area contributed by atoms with Gasteiger partial charge in [0.25, 0.3) is 5.91 Å². The Morgan fingerprint density at radius 1 is 1.12 bits per heavy atom. The molecule has 0 saturated heterocycles. The van der Waals surface area contributed by atoms with Crippen molar-refractivity contribution in [3.63, 3.8) is 0 Å². The molecule has 1 heterocycles. The maximum Gasteiger partial charge on any atom is 0.255 e. The van der Waals surface area contributed by atoms with Crippen LogP contribution in [-0.2, 0) is 9.84 Å². The Morgan fingerprint density at radius 3 is 2.44 bits per heavy atom. The molecule has 2 aromatic carbocycles. The number of benzene rings is 2. The number of anilines is 1. The number of nitrogens with zero attached hydrogens (tertiary/aromatic N) is 4. The van der Waals surface area contributed by atoms with Crippen molar-refractivity contribution < 1.29 is 13.2 Å². The highest BCUT2D eigenvalue weighted by Gasteiger charge is 2.11. The first-order valence-electron chi connectivity index (χ1n) is 7.30. The van der Waals surface area contributed by atoms with Crippen LogP contribution in [0, 0.1) is 6.92 Å². The van der Waals surface area contributed by atoms with Gasteiger partial charge in [-0.3, -0.25) is 4.79 Å². The van der Waals surface area contributed by atoms with Crippen molar-refractivity contribution in [1.29, 1.82) is 0 Å². The zero-order chi connectivity index (χ0) is 18.0. The van der Waals surface area contributed by atoms with Gasteiger partial charge < -0.3 is 5.32 Å². The van der Waals surface area contributed by atoms with E-state index in [1.165, 1.54) is 35.3 Å². The van der Waals surface area contributed by atoms with Crippen LogP contribution in [0.1, 0.15) is 15.9 Å². The van der Waals surface area contributed by atoms with Gasteiger partial charge in [-0.05, 0) is 59.3 Å². The Labute approximate surface area is 144 Å². The lowest BCUT2D eigenvalue weighted by molar-refractivity contribution is 0.102. The Kier molecular flexibility index (Phi) is 4.32. The Morgan fingerprint density at radius 2 is 1.84 bits per heavy atom. The topological polar surface area (TPSA) is 107 Å². The summed E-state index contributed by atoms with van der Waals surface area (Å²) in [5, 5.41) is 13.8. The number of carbonyl (C=O) groups excluding carboxylic acids is 1. The molecule has 0 atom stereocenters. The van der Waals surface area contributed by atoms with Crippen molar-refractivity contribution in [3.8, 4) is 5.69 Å².